The Balaban J connectivity index is 1.36. The van der Waals surface area contributed by atoms with Crippen LogP contribution in [0, 0.1) is 11.8 Å². The van der Waals surface area contributed by atoms with Crippen molar-refractivity contribution in [3.8, 4) is 0 Å². The molecule has 2 aliphatic carbocycles. The van der Waals surface area contributed by atoms with E-state index in [1.807, 2.05) is 52.0 Å². The number of carbonyl (C=O) groups is 3. The van der Waals surface area contributed by atoms with E-state index in [0.29, 0.717) is 11.6 Å². The van der Waals surface area contributed by atoms with Gasteiger partial charge in [-0.05, 0) is 77.0 Å². The number of amides is 3. The second-order valence-electron chi connectivity index (χ2n) is 14.0. The molecule has 216 valence electrons. The van der Waals surface area contributed by atoms with Gasteiger partial charge in [-0.25, -0.2) is 0 Å². The summed E-state index contributed by atoms with van der Waals surface area (Å²) < 4.78 is 6.69. The van der Waals surface area contributed by atoms with Crippen LogP contribution in [0.4, 0.5) is 5.69 Å². The molecule has 3 amide bonds. The average Bonchev–Trinajstić information content (AvgIpc) is 3.49. The summed E-state index contributed by atoms with van der Waals surface area (Å²) in [6.45, 7) is 7.69. The maximum atomic E-state index is 14.4. The van der Waals surface area contributed by atoms with Gasteiger partial charge < -0.3 is 15.4 Å². The van der Waals surface area contributed by atoms with Crippen LogP contribution in [0.25, 0.3) is 0 Å². The highest BCUT2D eigenvalue weighted by Gasteiger charge is 2.76. The fraction of sp³-hybridized carbons (Fsp3) is 0.667. The molecule has 40 heavy (non-hydrogen) atoms. The first-order valence-corrected chi connectivity index (χ1v) is 15.5. The van der Waals surface area contributed by atoms with Crippen LogP contribution in [0.1, 0.15) is 103 Å². The Kier molecular flexibility index (Phi) is 6.88. The number of rotatable bonds is 5. The molecule has 2 bridgehead atoms. The van der Waals surface area contributed by atoms with Gasteiger partial charge in [0.15, 0.2) is 0 Å². The van der Waals surface area contributed by atoms with Crippen molar-refractivity contribution < 1.29 is 19.1 Å². The second kappa shape index (κ2) is 10.0. The van der Waals surface area contributed by atoms with Gasteiger partial charge in [-0.15, -0.1) is 0 Å². The Bertz CT molecular complexity index is 1190. The molecule has 5 atom stereocenters. The van der Waals surface area contributed by atoms with E-state index in [2.05, 4.69) is 22.8 Å². The fourth-order valence-corrected chi connectivity index (χ4v) is 8.13. The van der Waals surface area contributed by atoms with Gasteiger partial charge in [0, 0.05) is 17.3 Å². The molecule has 1 aromatic carbocycles. The van der Waals surface area contributed by atoms with Crippen molar-refractivity contribution in [2.45, 2.75) is 127 Å². The van der Waals surface area contributed by atoms with Gasteiger partial charge in [-0.2, -0.15) is 0 Å². The summed E-state index contributed by atoms with van der Waals surface area (Å²) in [5.74, 6) is -1.52. The van der Waals surface area contributed by atoms with Crippen LogP contribution >= 0.6 is 0 Å². The van der Waals surface area contributed by atoms with E-state index >= 15 is 0 Å². The minimum atomic E-state index is -1.20. The van der Waals surface area contributed by atoms with Gasteiger partial charge in [-0.1, -0.05) is 62.8 Å². The summed E-state index contributed by atoms with van der Waals surface area (Å²) in [6, 6.07) is 7.41. The molecule has 3 heterocycles. The van der Waals surface area contributed by atoms with Crippen molar-refractivity contribution in [1.82, 2.24) is 10.6 Å². The third-order valence-electron chi connectivity index (χ3n) is 9.93. The molecule has 1 spiro atoms. The number of nitrogens with one attached hydrogen (secondary N) is 2. The quantitative estimate of drug-likeness (QED) is 0.500. The van der Waals surface area contributed by atoms with E-state index in [-0.39, 0.29) is 23.8 Å². The second-order valence-corrected chi connectivity index (χ2v) is 14.0. The Hall–Kier alpha value is -2.67. The van der Waals surface area contributed by atoms with Crippen molar-refractivity contribution in [3.05, 3.63) is 42.0 Å². The molecule has 4 fully saturated rings. The summed E-state index contributed by atoms with van der Waals surface area (Å²) in [4.78, 5) is 43.9. The normalized spacial score (nSPS) is 34.2. The lowest BCUT2D eigenvalue weighted by atomic mass is 9.70. The van der Waals surface area contributed by atoms with Gasteiger partial charge in [0.05, 0.1) is 17.4 Å². The zero-order valence-electron chi connectivity index (χ0n) is 24.5. The Morgan fingerprint density at radius 2 is 1.52 bits per heavy atom. The zero-order valence-corrected chi connectivity index (χ0v) is 24.5. The molecule has 7 heteroatoms. The number of benzene rings is 1. The number of hydrogen-bond acceptors (Lipinski definition) is 4. The third-order valence-corrected chi connectivity index (χ3v) is 9.93. The highest BCUT2D eigenvalue weighted by molar-refractivity contribution is 6.10. The lowest BCUT2D eigenvalue weighted by molar-refractivity contribution is -0.135. The monoisotopic (exact) mass is 547 g/mol. The maximum absolute atomic E-state index is 14.4. The van der Waals surface area contributed by atoms with E-state index in [1.165, 1.54) is 44.1 Å². The zero-order chi connectivity index (χ0) is 28.3. The van der Waals surface area contributed by atoms with Crippen LogP contribution in [0.3, 0.4) is 0 Å². The number of hydrogen-bond donors (Lipinski definition) is 2. The minimum Gasteiger partial charge on any atom is -0.356 e. The van der Waals surface area contributed by atoms with Crippen molar-refractivity contribution >= 4 is 23.4 Å². The minimum absolute atomic E-state index is 0.129. The highest BCUT2D eigenvalue weighted by Crippen LogP contribution is 2.60. The molecule has 7 nitrogen and oxygen atoms in total. The number of carbonyl (C=O) groups excluding carboxylic acids is 3. The van der Waals surface area contributed by atoms with Crippen molar-refractivity contribution in [2.75, 3.05) is 4.90 Å². The Labute approximate surface area is 238 Å². The average molecular weight is 548 g/mol. The third kappa shape index (κ3) is 4.58. The number of anilines is 1. The fourth-order valence-electron chi connectivity index (χ4n) is 8.13. The molecule has 0 aromatic heterocycles. The predicted molar refractivity (Wildman–Crippen MR) is 155 cm³/mol. The standard InChI is InChI=1S/C33H45N3O4/c1-31(2,3)35-29(38)27-33-20-19-32(4,40-33)25(28(37)34-23-13-9-6-10-14-23)26(33)30(39)36(27)24-17-15-22(16-18-24)21-11-7-5-8-12-21/h15-21,23,25-27H,5-14H2,1-4H3,(H,34,37)(H,35,38)/t25-,26+,27-,32-,33+/m1/s1. The van der Waals surface area contributed by atoms with Crippen molar-refractivity contribution in [3.63, 3.8) is 0 Å². The number of nitrogens with zero attached hydrogens (tertiary/aromatic N) is 1. The SMILES string of the molecule is CC(C)(C)NC(=O)[C@H]1N(c2ccc(C3CCCCC3)cc2)C(=O)[C@@H]2[C@H](C(=O)NC3CCCCC3)[C@@]3(C)C=C[C@]21O3. The summed E-state index contributed by atoms with van der Waals surface area (Å²) in [6.07, 6.45) is 15.3. The molecule has 6 rings (SSSR count). The van der Waals surface area contributed by atoms with Gasteiger partial charge in [-0.3, -0.25) is 19.3 Å². The molecule has 1 aromatic rings. The number of fused-ring (bicyclic) bond motifs is 1. The molecule has 2 N–H and O–H groups in total. The molecule has 2 saturated carbocycles. The predicted octanol–water partition coefficient (Wildman–Crippen LogP) is 5.14. The van der Waals surface area contributed by atoms with Crippen molar-refractivity contribution in [2.24, 2.45) is 11.8 Å². The largest absolute Gasteiger partial charge is 0.356 e. The topological polar surface area (TPSA) is 87.7 Å². The van der Waals surface area contributed by atoms with E-state index in [0.717, 1.165) is 25.7 Å². The summed E-state index contributed by atoms with van der Waals surface area (Å²) in [5, 5.41) is 6.37. The summed E-state index contributed by atoms with van der Waals surface area (Å²) in [7, 11) is 0. The van der Waals surface area contributed by atoms with E-state index < -0.39 is 34.6 Å². The first-order valence-electron chi connectivity index (χ1n) is 15.5. The first-order chi connectivity index (χ1) is 19.0. The summed E-state index contributed by atoms with van der Waals surface area (Å²) in [5.41, 5.74) is -0.653. The lowest BCUT2D eigenvalue weighted by Crippen LogP contribution is -2.58. The lowest BCUT2D eigenvalue weighted by Gasteiger charge is -2.35. The van der Waals surface area contributed by atoms with Crippen LogP contribution in [0.15, 0.2) is 36.4 Å². The van der Waals surface area contributed by atoms with E-state index in [9.17, 15) is 14.4 Å². The Morgan fingerprint density at radius 1 is 0.900 bits per heavy atom. The maximum Gasteiger partial charge on any atom is 0.246 e. The molecule has 0 unspecified atom stereocenters. The van der Waals surface area contributed by atoms with E-state index in [1.54, 1.807) is 4.90 Å². The highest BCUT2D eigenvalue weighted by atomic mass is 16.5. The van der Waals surface area contributed by atoms with Gasteiger partial charge >= 0.3 is 0 Å². The molecule has 0 radical (unpaired) electrons. The van der Waals surface area contributed by atoms with Gasteiger partial charge in [0.25, 0.3) is 0 Å². The summed E-state index contributed by atoms with van der Waals surface area (Å²) >= 11 is 0. The Morgan fingerprint density at radius 3 is 2.15 bits per heavy atom. The van der Waals surface area contributed by atoms with Crippen LogP contribution in [0.5, 0.6) is 0 Å². The van der Waals surface area contributed by atoms with Crippen LogP contribution < -0.4 is 15.5 Å². The van der Waals surface area contributed by atoms with Gasteiger partial charge in [0.1, 0.15) is 11.6 Å². The molecule has 5 aliphatic rings. The smallest absolute Gasteiger partial charge is 0.246 e. The van der Waals surface area contributed by atoms with Gasteiger partial charge in [0.2, 0.25) is 17.7 Å². The molecule has 2 saturated heterocycles. The van der Waals surface area contributed by atoms with Crippen LogP contribution in [-0.4, -0.2) is 46.5 Å². The first kappa shape index (κ1) is 27.5. The molecular formula is C33H45N3O4. The molecular weight excluding hydrogens is 502 g/mol. The van der Waals surface area contributed by atoms with Crippen LogP contribution in [0.2, 0.25) is 0 Å². The van der Waals surface area contributed by atoms with Crippen molar-refractivity contribution in [1.29, 1.82) is 0 Å². The van der Waals surface area contributed by atoms with Crippen LogP contribution in [-0.2, 0) is 19.1 Å². The van der Waals surface area contributed by atoms with E-state index in [4.69, 9.17) is 4.74 Å². The number of ether oxygens (including phenoxy) is 1. The molecule has 3 aliphatic heterocycles.